The maximum absolute atomic E-state index is 11.7. The Balaban J connectivity index is 1.84. The highest BCUT2D eigenvalue weighted by molar-refractivity contribution is 5.42. The Morgan fingerprint density at radius 3 is 2.08 bits per heavy atom. The number of allylic oxidation sites excluding steroid dienone is 2. The molecule has 1 aliphatic rings. The molecule has 2 aromatic rings. The van der Waals surface area contributed by atoms with Crippen molar-refractivity contribution in [3.05, 3.63) is 95.6 Å². The van der Waals surface area contributed by atoms with Crippen molar-refractivity contribution in [1.82, 2.24) is 0 Å². The molecule has 1 nitrogen and oxygen atoms in total. The first-order valence-electron chi connectivity index (χ1n) is 9.47. The second-order valence-electron chi connectivity index (χ2n) is 6.94. The first-order valence-corrected chi connectivity index (χ1v) is 9.47. The van der Waals surface area contributed by atoms with E-state index in [1.807, 2.05) is 42.5 Å². The highest BCUT2D eigenvalue weighted by Gasteiger charge is 2.38. The molecule has 0 aromatic heterocycles. The number of rotatable bonds is 8. The van der Waals surface area contributed by atoms with Gasteiger partial charge in [0.25, 0.3) is 0 Å². The maximum Gasteiger partial charge on any atom is 0.124 e. The van der Waals surface area contributed by atoms with Gasteiger partial charge in [0.2, 0.25) is 0 Å². The van der Waals surface area contributed by atoms with Crippen LogP contribution in [0.1, 0.15) is 49.3 Å². The molecule has 1 heteroatoms. The summed E-state index contributed by atoms with van der Waals surface area (Å²) in [6.45, 7) is 2.24. The van der Waals surface area contributed by atoms with Crippen LogP contribution in [0.2, 0.25) is 0 Å². The van der Waals surface area contributed by atoms with Gasteiger partial charge in [-0.1, -0.05) is 105 Å². The van der Waals surface area contributed by atoms with Crippen LogP contribution >= 0.6 is 0 Å². The molecule has 2 aromatic carbocycles. The smallest absolute Gasteiger partial charge is 0.124 e. The van der Waals surface area contributed by atoms with Crippen molar-refractivity contribution in [2.75, 3.05) is 0 Å². The lowest BCUT2D eigenvalue weighted by molar-refractivity contribution is 0.0548. The molecule has 1 unspecified atom stereocenters. The van der Waals surface area contributed by atoms with Gasteiger partial charge < -0.3 is 5.11 Å². The highest BCUT2D eigenvalue weighted by Crippen LogP contribution is 2.40. The molecule has 3 rings (SSSR count). The van der Waals surface area contributed by atoms with Gasteiger partial charge in [-0.15, -0.1) is 0 Å². The van der Waals surface area contributed by atoms with Crippen molar-refractivity contribution in [1.29, 1.82) is 0 Å². The van der Waals surface area contributed by atoms with Gasteiger partial charge in [-0.3, -0.25) is 0 Å². The summed E-state index contributed by atoms with van der Waals surface area (Å²) in [7, 11) is 0. The second kappa shape index (κ2) is 8.31. The minimum Gasteiger partial charge on any atom is -0.379 e. The fourth-order valence-corrected chi connectivity index (χ4v) is 3.64. The Morgan fingerprint density at radius 2 is 1.44 bits per heavy atom. The predicted octanol–water partition coefficient (Wildman–Crippen LogP) is 5.79. The van der Waals surface area contributed by atoms with Gasteiger partial charge in [0, 0.05) is 5.92 Å². The summed E-state index contributed by atoms with van der Waals surface area (Å²) < 4.78 is 0. The Hall–Kier alpha value is -2.12. The van der Waals surface area contributed by atoms with Gasteiger partial charge in [-0.25, -0.2) is 0 Å². The lowest BCUT2D eigenvalue weighted by atomic mass is 9.76. The molecule has 0 aliphatic heterocycles. The third-order valence-corrected chi connectivity index (χ3v) is 5.16. The molecular weight excluding hydrogens is 304 g/mol. The summed E-state index contributed by atoms with van der Waals surface area (Å²) in [5.74, 6) is -0.0368. The van der Waals surface area contributed by atoms with Crippen LogP contribution in [0.25, 0.3) is 0 Å². The molecule has 0 spiro atoms. The zero-order chi connectivity index (χ0) is 17.5. The number of benzene rings is 2. The van der Waals surface area contributed by atoms with Crippen molar-refractivity contribution >= 4 is 0 Å². The Labute approximate surface area is 151 Å². The standard InChI is InChI=1S/C24H28O/c1-2-3-4-6-11-20-16-18-23(19-17-20)24(25,22-14-9-10-15-22)21-12-7-5-8-13-21/h5,7-10,12-19,22,25H,2-4,6,11H2,1H3. The van der Waals surface area contributed by atoms with Crippen molar-refractivity contribution in [3.8, 4) is 0 Å². The van der Waals surface area contributed by atoms with Crippen LogP contribution in [0.5, 0.6) is 0 Å². The maximum atomic E-state index is 11.7. The third kappa shape index (κ3) is 3.93. The zero-order valence-electron chi connectivity index (χ0n) is 15.1. The van der Waals surface area contributed by atoms with Gasteiger partial charge in [-0.2, -0.15) is 0 Å². The molecular formula is C24H28O. The van der Waals surface area contributed by atoms with Crippen molar-refractivity contribution in [2.24, 2.45) is 5.92 Å². The van der Waals surface area contributed by atoms with E-state index in [4.69, 9.17) is 0 Å². The van der Waals surface area contributed by atoms with E-state index in [0.29, 0.717) is 0 Å². The number of aryl methyl sites for hydroxylation is 1. The first kappa shape index (κ1) is 17.7. The van der Waals surface area contributed by atoms with Gasteiger partial charge in [0.05, 0.1) is 0 Å². The van der Waals surface area contributed by atoms with E-state index in [0.717, 1.165) is 17.5 Å². The van der Waals surface area contributed by atoms with Crippen LogP contribution in [0.4, 0.5) is 0 Å². The Kier molecular flexibility index (Phi) is 5.88. The molecule has 0 bridgehead atoms. The van der Waals surface area contributed by atoms with Crippen LogP contribution < -0.4 is 0 Å². The fourth-order valence-electron chi connectivity index (χ4n) is 3.64. The third-order valence-electron chi connectivity index (χ3n) is 5.16. The normalized spacial score (nSPS) is 16.2. The highest BCUT2D eigenvalue weighted by atomic mass is 16.3. The lowest BCUT2D eigenvalue weighted by Gasteiger charge is -2.33. The average Bonchev–Trinajstić information content (AvgIpc) is 3.21. The Morgan fingerprint density at radius 1 is 0.800 bits per heavy atom. The van der Waals surface area contributed by atoms with E-state index < -0.39 is 5.60 Å². The van der Waals surface area contributed by atoms with Gasteiger partial charge in [-0.05, 0) is 29.5 Å². The van der Waals surface area contributed by atoms with Crippen molar-refractivity contribution in [2.45, 2.75) is 44.6 Å². The summed E-state index contributed by atoms with van der Waals surface area (Å²) >= 11 is 0. The minimum atomic E-state index is -1.02. The van der Waals surface area contributed by atoms with Crippen molar-refractivity contribution in [3.63, 3.8) is 0 Å². The summed E-state index contributed by atoms with van der Waals surface area (Å²) in [6, 6.07) is 18.6. The minimum absolute atomic E-state index is 0.0368. The number of aliphatic hydroxyl groups is 1. The molecule has 1 atom stereocenters. The van der Waals surface area contributed by atoms with E-state index in [2.05, 4.69) is 43.3 Å². The zero-order valence-corrected chi connectivity index (χ0v) is 15.1. The van der Waals surface area contributed by atoms with E-state index in [1.54, 1.807) is 0 Å². The molecule has 0 heterocycles. The summed E-state index contributed by atoms with van der Waals surface area (Å²) in [5.41, 5.74) is 2.22. The summed E-state index contributed by atoms with van der Waals surface area (Å²) in [4.78, 5) is 0. The van der Waals surface area contributed by atoms with E-state index in [1.165, 1.54) is 31.2 Å². The van der Waals surface area contributed by atoms with E-state index >= 15 is 0 Å². The molecule has 1 aliphatic carbocycles. The monoisotopic (exact) mass is 332 g/mol. The Bertz CT molecular complexity index is 700. The predicted molar refractivity (Wildman–Crippen MR) is 105 cm³/mol. The molecule has 0 fully saturated rings. The molecule has 0 amide bonds. The number of hydrogen-bond acceptors (Lipinski definition) is 1. The topological polar surface area (TPSA) is 20.2 Å². The number of unbranched alkanes of at least 4 members (excludes halogenated alkanes) is 3. The van der Waals surface area contributed by atoms with Gasteiger partial charge in [0.15, 0.2) is 0 Å². The molecule has 0 saturated heterocycles. The van der Waals surface area contributed by atoms with Crippen LogP contribution in [0.3, 0.4) is 0 Å². The SMILES string of the molecule is CCCCCCc1ccc(C(O)(c2ccccc2)C2C=CC=C2)cc1. The molecule has 0 saturated carbocycles. The number of hydrogen-bond donors (Lipinski definition) is 1. The average molecular weight is 332 g/mol. The van der Waals surface area contributed by atoms with Crippen LogP contribution in [0, 0.1) is 5.92 Å². The quantitative estimate of drug-likeness (QED) is 0.607. The van der Waals surface area contributed by atoms with Gasteiger partial charge in [0.1, 0.15) is 5.60 Å². The summed E-state index contributed by atoms with van der Waals surface area (Å²) in [6.07, 6.45) is 14.4. The van der Waals surface area contributed by atoms with Crippen molar-refractivity contribution < 1.29 is 5.11 Å². The van der Waals surface area contributed by atoms with Crippen LogP contribution in [-0.2, 0) is 12.0 Å². The lowest BCUT2D eigenvalue weighted by Crippen LogP contribution is -2.34. The van der Waals surface area contributed by atoms with Gasteiger partial charge >= 0.3 is 0 Å². The fraction of sp³-hybridized carbons (Fsp3) is 0.333. The van der Waals surface area contributed by atoms with E-state index in [9.17, 15) is 5.11 Å². The largest absolute Gasteiger partial charge is 0.379 e. The van der Waals surface area contributed by atoms with Crippen LogP contribution in [-0.4, -0.2) is 5.11 Å². The van der Waals surface area contributed by atoms with Crippen LogP contribution in [0.15, 0.2) is 78.9 Å². The second-order valence-corrected chi connectivity index (χ2v) is 6.94. The first-order chi connectivity index (χ1) is 12.2. The van der Waals surface area contributed by atoms with E-state index in [-0.39, 0.29) is 5.92 Å². The molecule has 0 radical (unpaired) electrons. The molecule has 130 valence electrons. The molecule has 25 heavy (non-hydrogen) atoms. The summed E-state index contributed by atoms with van der Waals surface area (Å²) in [5, 5.41) is 11.7. The molecule has 1 N–H and O–H groups in total.